The molecule has 94 valence electrons. The Labute approximate surface area is 105 Å². The number of amides is 1. The molecule has 0 bridgehead atoms. The van der Waals surface area contributed by atoms with E-state index < -0.39 is 0 Å². The smallest absolute Gasteiger partial charge is 0.410 e. The highest BCUT2D eigenvalue weighted by atomic mass is 16.6. The summed E-state index contributed by atoms with van der Waals surface area (Å²) in [5.74, 6) is 0.636. The van der Waals surface area contributed by atoms with E-state index in [0.29, 0.717) is 12.4 Å². The Morgan fingerprint density at radius 1 is 1.39 bits per heavy atom. The first-order chi connectivity index (χ1) is 8.75. The van der Waals surface area contributed by atoms with Crippen molar-refractivity contribution < 1.29 is 9.53 Å². The van der Waals surface area contributed by atoms with E-state index in [0.717, 1.165) is 5.56 Å². The van der Waals surface area contributed by atoms with Crippen LogP contribution in [-0.4, -0.2) is 28.0 Å². The molecule has 5 heteroatoms. The van der Waals surface area contributed by atoms with Crippen molar-refractivity contribution in [2.75, 3.05) is 7.05 Å². The third-order valence-electron chi connectivity index (χ3n) is 2.46. The minimum absolute atomic E-state index is 0.158. The molecule has 1 aromatic heterocycles. The monoisotopic (exact) mass is 245 g/mol. The standard InChI is InChI=1S/C13H15N3O2/c1-16(9-11-5-3-2-4-6-11)13(17)18-10-12-14-7-8-15-12/h2-8H,9-10H2,1H3,(H,14,15). The van der Waals surface area contributed by atoms with Gasteiger partial charge in [-0.05, 0) is 5.56 Å². The van der Waals surface area contributed by atoms with Crippen LogP contribution in [0.3, 0.4) is 0 Å². The number of carbonyl (C=O) groups is 1. The van der Waals surface area contributed by atoms with E-state index in [9.17, 15) is 4.79 Å². The highest BCUT2D eigenvalue weighted by Crippen LogP contribution is 2.04. The number of carbonyl (C=O) groups excluding carboxylic acids is 1. The number of benzene rings is 1. The van der Waals surface area contributed by atoms with E-state index in [1.54, 1.807) is 19.4 Å². The number of aromatic amines is 1. The van der Waals surface area contributed by atoms with Crippen LogP contribution in [0.1, 0.15) is 11.4 Å². The number of nitrogens with one attached hydrogen (secondary N) is 1. The van der Waals surface area contributed by atoms with E-state index in [1.165, 1.54) is 4.90 Å². The van der Waals surface area contributed by atoms with Crippen LogP contribution in [0, 0.1) is 0 Å². The van der Waals surface area contributed by atoms with E-state index >= 15 is 0 Å². The van der Waals surface area contributed by atoms with E-state index in [1.807, 2.05) is 30.3 Å². The fourth-order valence-electron chi connectivity index (χ4n) is 1.54. The SMILES string of the molecule is CN(Cc1ccccc1)C(=O)OCc1ncc[nH]1. The molecule has 2 aromatic rings. The second-order valence-corrected chi connectivity index (χ2v) is 3.93. The van der Waals surface area contributed by atoms with Crippen LogP contribution in [0.15, 0.2) is 42.7 Å². The van der Waals surface area contributed by atoms with Gasteiger partial charge >= 0.3 is 6.09 Å². The number of hydrogen-bond donors (Lipinski definition) is 1. The quantitative estimate of drug-likeness (QED) is 0.898. The number of H-pyrrole nitrogens is 1. The predicted molar refractivity (Wildman–Crippen MR) is 66.7 cm³/mol. The maximum Gasteiger partial charge on any atom is 0.410 e. The molecule has 0 saturated carbocycles. The molecule has 0 aliphatic rings. The molecule has 5 nitrogen and oxygen atoms in total. The lowest BCUT2D eigenvalue weighted by Crippen LogP contribution is -2.26. The highest BCUT2D eigenvalue weighted by molar-refractivity contribution is 5.67. The van der Waals surface area contributed by atoms with Crippen LogP contribution >= 0.6 is 0 Å². The average molecular weight is 245 g/mol. The minimum atomic E-state index is -0.366. The second kappa shape index (κ2) is 5.86. The van der Waals surface area contributed by atoms with Gasteiger partial charge in [-0.1, -0.05) is 30.3 Å². The van der Waals surface area contributed by atoms with Crippen molar-refractivity contribution in [3.63, 3.8) is 0 Å². The molecule has 0 spiro atoms. The third-order valence-corrected chi connectivity index (χ3v) is 2.46. The van der Waals surface area contributed by atoms with E-state index in [2.05, 4.69) is 9.97 Å². The van der Waals surface area contributed by atoms with Crippen molar-refractivity contribution in [3.05, 3.63) is 54.1 Å². The van der Waals surface area contributed by atoms with Gasteiger partial charge in [0.25, 0.3) is 0 Å². The highest BCUT2D eigenvalue weighted by Gasteiger charge is 2.10. The van der Waals surface area contributed by atoms with Gasteiger partial charge in [-0.25, -0.2) is 9.78 Å². The zero-order chi connectivity index (χ0) is 12.8. The summed E-state index contributed by atoms with van der Waals surface area (Å²) < 4.78 is 5.11. The summed E-state index contributed by atoms with van der Waals surface area (Å²) in [6.45, 7) is 0.683. The Balaban J connectivity index is 1.82. The van der Waals surface area contributed by atoms with E-state index in [-0.39, 0.29) is 12.7 Å². The van der Waals surface area contributed by atoms with Crippen molar-refractivity contribution in [2.45, 2.75) is 13.2 Å². The Hall–Kier alpha value is -2.30. The molecule has 1 heterocycles. The predicted octanol–water partition coefficient (Wildman–Crippen LogP) is 2.18. The molecule has 1 N–H and O–H groups in total. The lowest BCUT2D eigenvalue weighted by molar-refractivity contribution is 0.100. The van der Waals surface area contributed by atoms with Gasteiger partial charge in [-0.15, -0.1) is 0 Å². The fourth-order valence-corrected chi connectivity index (χ4v) is 1.54. The van der Waals surface area contributed by atoms with E-state index in [4.69, 9.17) is 4.74 Å². The number of hydrogen-bond acceptors (Lipinski definition) is 3. The number of aromatic nitrogens is 2. The molecule has 0 aliphatic carbocycles. The van der Waals surface area contributed by atoms with Crippen LogP contribution in [0.5, 0.6) is 0 Å². The van der Waals surface area contributed by atoms with Crippen molar-refractivity contribution >= 4 is 6.09 Å². The summed E-state index contributed by atoms with van der Waals surface area (Å²) >= 11 is 0. The molecule has 0 saturated heterocycles. The maximum absolute atomic E-state index is 11.7. The summed E-state index contributed by atoms with van der Waals surface area (Å²) in [6, 6.07) is 9.76. The average Bonchev–Trinajstić information content (AvgIpc) is 2.90. The van der Waals surface area contributed by atoms with Gasteiger partial charge in [-0.2, -0.15) is 0 Å². The summed E-state index contributed by atoms with van der Waals surface area (Å²) in [5, 5.41) is 0. The van der Waals surface area contributed by atoms with Crippen molar-refractivity contribution in [1.82, 2.24) is 14.9 Å². The van der Waals surface area contributed by atoms with Gasteiger partial charge in [0, 0.05) is 26.0 Å². The minimum Gasteiger partial charge on any atom is -0.441 e. The first kappa shape index (κ1) is 12.2. The zero-order valence-corrected chi connectivity index (χ0v) is 10.2. The van der Waals surface area contributed by atoms with Gasteiger partial charge in [-0.3, -0.25) is 0 Å². The normalized spacial score (nSPS) is 10.1. The first-order valence-electron chi connectivity index (χ1n) is 5.66. The maximum atomic E-state index is 11.7. The molecule has 0 aliphatic heterocycles. The third kappa shape index (κ3) is 3.35. The number of ether oxygens (including phenoxy) is 1. The first-order valence-corrected chi connectivity index (χ1v) is 5.66. The van der Waals surface area contributed by atoms with Crippen molar-refractivity contribution in [3.8, 4) is 0 Å². The molecule has 0 fully saturated rings. The second-order valence-electron chi connectivity index (χ2n) is 3.93. The van der Waals surface area contributed by atoms with Gasteiger partial charge in [0.2, 0.25) is 0 Å². The molecule has 2 rings (SSSR count). The van der Waals surface area contributed by atoms with Gasteiger partial charge < -0.3 is 14.6 Å². The summed E-state index contributed by atoms with van der Waals surface area (Å²) in [6.07, 6.45) is 2.95. The zero-order valence-electron chi connectivity index (χ0n) is 10.2. The Morgan fingerprint density at radius 2 is 2.17 bits per heavy atom. The molecule has 1 amide bonds. The summed E-state index contributed by atoms with van der Waals surface area (Å²) in [5.41, 5.74) is 1.06. The fraction of sp³-hybridized carbons (Fsp3) is 0.231. The summed E-state index contributed by atoms with van der Waals surface area (Å²) in [4.78, 5) is 20.1. The lowest BCUT2D eigenvalue weighted by Gasteiger charge is -2.16. The van der Waals surface area contributed by atoms with Crippen LogP contribution < -0.4 is 0 Å². The van der Waals surface area contributed by atoms with Gasteiger partial charge in [0.1, 0.15) is 5.82 Å². The lowest BCUT2D eigenvalue weighted by atomic mass is 10.2. The molecule has 1 aromatic carbocycles. The van der Waals surface area contributed by atoms with Crippen LogP contribution in [0.2, 0.25) is 0 Å². The molecule has 18 heavy (non-hydrogen) atoms. The number of imidazole rings is 1. The summed E-state index contributed by atoms with van der Waals surface area (Å²) in [7, 11) is 1.71. The molecule has 0 radical (unpaired) electrons. The van der Waals surface area contributed by atoms with Crippen molar-refractivity contribution in [1.29, 1.82) is 0 Å². The molecular formula is C13H15N3O2. The van der Waals surface area contributed by atoms with Gasteiger partial charge in [0.05, 0.1) is 0 Å². The molecule has 0 unspecified atom stereocenters. The Bertz CT molecular complexity index is 482. The largest absolute Gasteiger partial charge is 0.441 e. The van der Waals surface area contributed by atoms with Crippen LogP contribution in [0.25, 0.3) is 0 Å². The topological polar surface area (TPSA) is 58.2 Å². The van der Waals surface area contributed by atoms with Crippen LogP contribution in [0.4, 0.5) is 4.79 Å². The molecule has 0 atom stereocenters. The Kier molecular flexibility index (Phi) is 3.96. The molecular weight excluding hydrogens is 230 g/mol. The Morgan fingerprint density at radius 3 is 2.83 bits per heavy atom. The van der Waals surface area contributed by atoms with Crippen molar-refractivity contribution in [2.24, 2.45) is 0 Å². The van der Waals surface area contributed by atoms with Crippen LogP contribution in [-0.2, 0) is 17.9 Å². The van der Waals surface area contributed by atoms with Gasteiger partial charge in [0.15, 0.2) is 6.61 Å². The number of rotatable bonds is 4. The number of nitrogens with zero attached hydrogens (tertiary/aromatic N) is 2.